The Morgan fingerprint density at radius 2 is 1.78 bits per heavy atom. The molecule has 0 aromatic rings. The lowest BCUT2D eigenvalue weighted by Gasteiger charge is -2.48. The van der Waals surface area contributed by atoms with Gasteiger partial charge in [-0.3, -0.25) is 4.90 Å². The minimum atomic E-state index is -1.16. The molecule has 3 rings (SSSR count). The molecule has 51 heavy (non-hydrogen) atoms. The van der Waals surface area contributed by atoms with Crippen molar-refractivity contribution in [3.8, 4) is 0 Å². The molecule has 3 unspecified atom stereocenters. The first kappa shape index (κ1) is 42.8. The van der Waals surface area contributed by atoms with Gasteiger partial charge < -0.3 is 38.4 Å². The van der Waals surface area contributed by atoms with Crippen LogP contribution in [0.4, 0.5) is 4.79 Å². The maximum absolute atomic E-state index is 13.0. The van der Waals surface area contributed by atoms with Crippen molar-refractivity contribution in [3.63, 3.8) is 0 Å². The van der Waals surface area contributed by atoms with Crippen LogP contribution in [0.25, 0.3) is 10.4 Å². The summed E-state index contributed by atoms with van der Waals surface area (Å²) in [5.41, 5.74) is 7.36. The summed E-state index contributed by atoms with van der Waals surface area (Å²) in [6, 6.07) is -0.257. The summed E-state index contributed by atoms with van der Waals surface area (Å²) >= 11 is 0. The van der Waals surface area contributed by atoms with Crippen LogP contribution < -0.4 is 0 Å². The van der Waals surface area contributed by atoms with Gasteiger partial charge in [0.05, 0.1) is 35.5 Å². The van der Waals surface area contributed by atoms with Crippen LogP contribution in [-0.2, 0) is 33.2 Å². The second-order valence-electron chi connectivity index (χ2n) is 16.3. The molecule has 3 aliphatic heterocycles. The van der Waals surface area contributed by atoms with Crippen molar-refractivity contribution in [2.24, 2.45) is 28.8 Å². The smallest absolute Gasteiger partial charge is 0.410 e. The number of cyclic esters (lactones) is 2. The van der Waals surface area contributed by atoms with Crippen molar-refractivity contribution in [1.82, 2.24) is 9.80 Å². The van der Waals surface area contributed by atoms with E-state index in [1.165, 1.54) is 4.90 Å². The molecule has 2 saturated heterocycles. The third-order valence-corrected chi connectivity index (χ3v) is 11.4. The van der Waals surface area contributed by atoms with E-state index in [9.17, 15) is 14.7 Å². The number of methoxy groups -OCH3 is 1. The number of aliphatic hydroxyl groups excluding tert-OH is 1. The van der Waals surface area contributed by atoms with E-state index in [1.54, 1.807) is 34.8 Å². The fourth-order valence-electron chi connectivity index (χ4n) is 8.58. The highest BCUT2D eigenvalue weighted by molar-refractivity contribution is 5.89. The predicted molar refractivity (Wildman–Crippen MR) is 192 cm³/mol. The maximum atomic E-state index is 13.0. The van der Waals surface area contributed by atoms with Crippen LogP contribution in [0.2, 0.25) is 0 Å². The van der Waals surface area contributed by atoms with E-state index >= 15 is 0 Å². The Kier molecular flexibility index (Phi) is 14.3. The molecule has 2 fully saturated rings. The van der Waals surface area contributed by atoms with E-state index in [2.05, 4.69) is 49.8 Å². The molecule has 12 atom stereocenters. The van der Waals surface area contributed by atoms with E-state index in [4.69, 9.17) is 34.0 Å². The van der Waals surface area contributed by atoms with Gasteiger partial charge in [0.25, 0.3) is 0 Å². The number of hydrogen-bond donors (Lipinski definition) is 1. The zero-order chi connectivity index (χ0) is 38.6. The van der Waals surface area contributed by atoms with Crippen molar-refractivity contribution < 1.29 is 43.1 Å². The Morgan fingerprint density at radius 3 is 2.35 bits per heavy atom. The quantitative estimate of drug-likeness (QED) is 0.0734. The molecular weight excluding hydrogens is 658 g/mol. The Balaban J connectivity index is 1.93. The largest absolute Gasteiger partial charge is 0.456 e. The number of hydrogen-bond acceptors (Lipinski definition) is 11. The summed E-state index contributed by atoms with van der Waals surface area (Å²) in [5, 5.41) is 14.6. The van der Waals surface area contributed by atoms with Gasteiger partial charge in [-0.25, -0.2) is 9.59 Å². The number of esters is 1. The topological polar surface area (TPSA) is 165 Å². The summed E-state index contributed by atoms with van der Waals surface area (Å²) in [5.74, 6) is -1.42. The van der Waals surface area contributed by atoms with Gasteiger partial charge >= 0.3 is 12.1 Å². The second kappa shape index (κ2) is 17.0. The first-order valence-corrected chi connectivity index (χ1v) is 18.5. The second-order valence-corrected chi connectivity index (χ2v) is 16.3. The average Bonchev–Trinajstić information content (AvgIpc) is 3.32. The number of nitrogens with zero attached hydrogens (tertiary/aromatic N) is 5. The molecule has 0 spiro atoms. The van der Waals surface area contributed by atoms with Gasteiger partial charge in [-0.2, -0.15) is 0 Å². The van der Waals surface area contributed by atoms with E-state index in [1.807, 2.05) is 27.7 Å². The number of amides is 1. The lowest BCUT2D eigenvalue weighted by molar-refractivity contribution is -0.285. The fourth-order valence-corrected chi connectivity index (χ4v) is 8.58. The molecule has 14 nitrogen and oxygen atoms in total. The SMILES string of the molecule is CC[C@@H](O)[C@@]1(C)OC(=O)N(CN=[N+]=[N-])[C@@H]1[C@@H](C)CC[C@H](C)C[C@@](C)(OC)[C@H](O[C@@H]1OC(C)CC(N(C)C)C1C)[C@@H](C)C1=C(C)C(=O)OC(C)(C)O1. The monoisotopic (exact) mass is 723 g/mol. The van der Waals surface area contributed by atoms with Crippen LogP contribution in [0.3, 0.4) is 0 Å². The molecule has 0 bridgehead atoms. The normalized spacial score (nSPS) is 32.2. The average molecular weight is 724 g/mol. The van der Waals surface area contributed by atoms with Crippen molar-refractivity contribution in [2.75, 3.05) is 27.9 Å². The lowest BCUT2D eigenvalue weighted by Crippen LogP contribution is -2.56. The molecule has 0 saturated carbocycles. The van der Waals surface area contributed by atoms with E-state index in [-0.39, 0.29) is 36.6 Å². The van der Waals surface area contributed by atoms with Crippen LogP contribution in [0, 0.1) is 23.7 Å². The van der Waals surface area contributed by atoms with Crippen molar-refractivity contribution >= 4 is 12.1 Å². The van der Waals surface area contributed by atoms with Crippen molar-refractivity contribution in [2.45, 2.75) is 162 Å². The summed E-state index contributed by atoms with van der Waals surface area (Å²) in [4.78, 5) is 32.4. The van der Waals surface area contributed by atoms with E-state index in [0.717, 1.165) is 12.8 Å². The van der Waals surface area contributed by atoms with Crippen LogP contribution >= 0.6 is 0 Å². The van der Waals surface area contributed by atoms with Crippen LogP contribution in [0.15, 0.2) is 16.4 Å². The summed E-state index contributed by atoms with van der Waals surface area (Å²) in [7, 11) is 5.83. The van der Waals surface area contributed by atoms with Gasteiger partial charge in [-0.15, -0.1) is 0 Å². The maximum Gasteiger partial charge on any atom is 0.410 e. The molecule has 14 heteroatoms. The minimum Gasteiger partial charge on any atom is -0.456 e. The third-order valence-electron chi connectivity index (χ3n) is 11.4. The molecule has 3 aliphatic rings. The highest BCUT2D eigenvalue weighted by Gasteiger charge is 2.56. The molecule has 0 aromatic carbocycles. The number of carbonyl (C=O) groups is 2. The van der Waals surface area contributed by atoms with Crippen molar-refractivity contribution in [1.29, 1.82) is 0 Å². The minimum absolute atomic E-state index is 0.0219. The van der Waals surface area contributed by atoms with Gasteiger partial charge in [-0.1, -0.05) is 46.2 Å². The lowest BCUT2D eigenvalue weighted by atomic mass is 9.76. The highest BCUT2D eigenvalue weighted by atomic mass is 16.7. The van der Waals surface area contributed by atoms with Crippen LogP contribution in [0.5, 0.6) is 0 Å². The molecule has 3 heterocycles. The highest BCUT2D eigenvalue weighted by Crippen LogP contribution is 2.43. The molecule has 0 aliphatic carbocycles. The molecule has 1 amide bonds. The van der Waals surface area contributed by atoms with Gasteiger partial charge in [-0.05, 0) is 84.8 Å². The van der Waals surface area contributed by atoms with Crippen LogP contribution in [-0.4, -0.2) is 109 Å². The van der Waals surface area contributed by atoms with Gasteiger partial charge in [0.15, 0.2) is 11.9 Å². The zero-order valence-corrected chi connectivity index (χ0v) is 33.5. The van der Waals surface area contributed by atoms with E-state index in [0.29, 0.717) is 30.6 Å². The van der Waals surface area contributed by atoms with Crippen molar-refractivity contribution in [3.05, 3.63) is 21.8 Å². The molecular formula is C37H65N5O9. The summed E-state index contributed by atoms with van der Waals surface area (Å²) < 4.78 is 37.5. The first-order valence-electron chi connectivity index (χ1n) is 18.5. The number of aliphatic hydroxyl groups is 1. The number of ether oxygens (including phenoxy) is 6. The first-order chi connectivity index (χ1) is 23.7. The Bertz CT molecular complexity index is 1300. The van der Waals surface area contributed by atoms with E-state index < -0.39 is 59.5 Å². The third kappa shape index (κ3) is 9.50. The summed E-state index contributed by atoms with van der Waals surface area (Å²) in [6.45, 7) is 21.0. The Hall–Kier alpha value is -2.61. The van der Waals surface area contributed by atoms with Gasteiger partial charge in [0.1, 0.15) is 12.4 Å². The number of rotatable bonds is 17. The summed E-state index contributed by atoms with van der Waals surface area (Å²) in [6.07, 6.45) is 0.691. The Labute approximate surface area is 305 Å². The van der Waals surface area contributed by atoms with Gasteiger partial charge in [0.2, 0.25) is 5.79 Å². The molecule has 1 N–H and O–H groups in total. The zero-order valence-electron chi connectivity index (χ0n) is 33.5. The number of carbonyl (C=O) groups excluding carboxylic acids is 2. The standard InChI is InChI=1S/C37H65N5O9/c1-15-28(43)37(11)30(42(20-39-40-38)34(45)51-37)22(3)17-16-21(2)19-36(10,46-14)31(25(6)29-26(7)32(44)50-35(8,9)49-29)48-33-24(5)27(41(12)13)18-23(4)47-33/h21-25,27-28,30-31,33,43H,15-20H2,1-14H3/t21-,22-,23?,24?,25-,27?,28+,30+,31+,33-,36+,37+/m0/s1. The Morgan fingerprint density at radius 1 is 1.14 bits per heavy atom. The number of azide groups is 1. The van der Waals surface area contributed by atoms with Gasteiger partial charge in [0, 0.05) is 43.7 Å². The molecule has 0 radical (unpaired) electrons. The molecule has 0 aromatic heterocycles. The molecule has 292 valence electrons. The van der Waals surface area contributed by atoms with Crippen LogP contribution in [0.1, 0.15) is 108 Å². The predicted octanol–water partition coefficient (Wildman–Crippen LogP) is 6.76. The fraction of sp³-hybridized carbons (Fsp3) is 0.892.